The topological polar surface area (TPSA) is 29.4 Å². The number of aryl methyl sites for hydroxylation is 2. The van der Waals surface area contributed by atoms with Crippen LogP contribution in [-0.4, -0.2) is 0 Å². The minimum absolute atomic E-state index is 0.406. The standard InChI is InChI=1S/C15H15NO/c1-11-3-7-13(8-4-11)15(16-17)14-9-5-12(2)6-10-14/h3-10,15H,1-2H3. The lowest BCUT2D eigenvalue weighted by molar-refractivity contribution is 0.862. The molecule has 0 N–H and O–H groups in total. The molecule has 0 heterocycles. The molecule has 0 unspecified atom stereocenters. The van der Waals surface area contributed by atoms with Gasteiger partial charge >= 0.3 is 0 Å². The van der Waals surface area contributed by atoms with E-state index in [0.29, 0.717) is 0 Å². The second-order valence-corrected chi connectivity index (χ2v) is 4.33. The van der Waals surface area contributed by atoms with Crippen LogP contribution in [0, 0.1) is 18.8 Å². The van der Waals surface area contributed by atoms with E-state index in [2.05, 4.69) is 5.18 Å². The van der Waals surface area contributed by atoms with E-state index in [-0.39, 0.29) is 0 Å². The van der Waals surface area contributed by atoms with Crippen molar-refractivity contribution in [3.8, 4) is 0 Å². The van der Waals surface area contributed by atoms with Crippen LogP contribution in [0.15, 0.2) is 53.7 Å². The largest absolute Gasteiger partial charge is 0.150 e. The lowest BCUT2D eigenvalue weighted by Gasteiger charge is -2.10. The Morgan fingerprint density at radius 3 is 1.41 bits per heavy atom. The minimum atomic E-state index is -0.406. The van der Waals surface area contributed by atoms with E-state index in [9.17, 15) is 4.91 Å². The van der Waals surface area contributed by atoms with Gasteiger partial charge in [-0.05, 0) is 25.0 Å². The van der Waals surface area contributed by atoms with Crippen molar-refractivity contribution in [2.75, 3.05) is 0 Å². The highest BCUT2D eigenvalue weighted by Gasteiger charge is 2.13. The smallest absolute Gasteiger partial charge is 0.142 e. The maximum atomic E-state index is 11.0. The molecule has 0 amide bonds. The summed E-state index contributed by atoms with van der Waals surface area (Å²) < 4.78 is 0. The molecule has 0 aromatic heterocycles. The lowest BCUT2D eigenvalue weighted by atomic mass is 9.98. The molecule has 0 aliphatic rings. The van der Waals surface area contributed by atoms with Gasteiger partial charge < -0.3 is 0 Å². The third-order valence-corrected chi connectivity index (χ3v) is 2.89. The third kappa shape index (κ3) is 2.59. The summed E-state index contributed by atoms with van der Waals surface area (Å²) in [4.78, 5) is 11.0. The number of hydrogen-bond donors (Lipinski definition) is 0. The molecular formula is C15H15NO. The van der Waals surface area contributed by atoms with E-state index in [1.54, 1.807) is 0 Å². The number of nitroso groups, excluding NO2 is 1. The summed E-state index contributed by atoms with van der Waals surface area (Å²) in [5.74, 6) is 0. The fourth-order valence-electron chi connectivity index (χ4n) is 1.81. The van der Waals surface area contributed by atoms with Crippen molar-refractivity contribution >= 4 is 0 Å². The first-order valence-electron chi connectivity index (χ1n) is 5.66. The summed E-state index contributed by atoms with van der Waals surface area (Å²) >= 11 is 0. The fraction of sp³-hybridized carbons (Fsp3) is 0.200. The molecule has 0 spiro atoms. The van der Waals surface area contributed by atoms with Crippen molar-refractivity contribution in [2.45, 2.75) is 19.9 Å². The second-order valence-electron chi connectivity index (χ2n) is 4.33. The van der Waals surface area contributed by atoms with E-state index in [1.807, 2.05) is 62.4 Å². The van der Waals surface area contributed by atoms with Crippen LogP contribution in [0.1, 0.15) is 28.3 Å². The summed E-state index contributed by atoms with van der Waals surface area (Å²) in [5.41, 5.74) is 4.24. The van der Waals surface area contributed by atoms with Crippen LogP contribution in [0.5, 0.6) is 0 Å². The molecule has 0 radical (unpaired) electrons. The zero-order chi connectivity index (χ0) is 12.3. The highest BCUT2D eigenvalue weighted by molar-refractivity contribution is 5.34. The van der Waals surface area contributed by atoms with E-state index in [0.717, 1.165) is 11.1 Å². The number of benzene rings is 2. The van der Waals surface area contributed by atoms with Crippen molar-refractivity contribution in [3.05, 3.63) is 75.7 Å². The minimum Gasteiger partial charge on any atom is -0.150 e. The van der Waals surface area contributed by atoms with Gasteiger partial charge in [-0.2, -0.15) is 0 Å². The van der Waals surface area contributed by atoms with Crippen molar-refractivity contribution in [3.63, 3.8) is 0 Å². The van der Waals surface area contributed by atoms with Gasteiger partial charge in [0.1, 0.15) is 6.04 Å². The van der Waals surface area contributed by atoms with Crippen molar-refractivity contribution in [1.82, 2.24) is 0 Å². The molecule has 0 saturated carbocycles. The predicted octanol–water partition coefficient (Wildman–Crippen LogP) is 4.16. The Morgan fingerprint density at radius 2 is 1.12 bits per heavy atom. The van der Waals surface area contributed by atoms with E-state index >= 15 is 0 Å². The average Bonchev–Trinajstić information content (AvgIpc) is 2.35. The van der Waals surface area contributed by atoms with Crippen LogP contribution in [0.2, 0.25) is 0 Å². The first kappa shape index (κ1) is 11.5. The van der Waals surface area contributed by atoms with Gasteiger partial charge in [0.15, 0.2) is 0 Å². The predicted molar refractivity (Wildman–Crippen MR) is 70.0 cm³/mol. The van der Waals surface area contributed by atoms with Gasteiger partial charge in [-0.15, -0.1) is 4.91 Å². The monoisotopic (exact) mass is 225 g/mol. The van der Waals surface area contributed by atoms with Crippen LogP contribution in [0.3, 0.4) is 0 Å². The normalized spacial score (nSPS) is 10.5. The molecule has 2 rings (SSSR count). The van der Waals surface area contributed by atoms with Gasteiger partial charge in [0.2, 0.25) is 0 Å². The zero-order valence-electron chi connectivity index (χ0n) is 10.1. The van der Waals surface area contributed by atoms with Crippen LogP contribution in [0.25, 0.3) is 0 Å². The molecule has 0 aliphatic carbocycles. The van der Waals surface area contributed by atoms with Crippen LogP contribution in [0.4, 0.5) is 0 Å². The summed E-state index contributed by atoms with van der Waals surface area (Å²) in [6.45, 7) is 4.05. The Hall–Kier alpha value is -1.96. The maximum absolute atomic E-state index is 11.0. The molecule has 0 aliphatic heterocycles. The van der Waals surface area contributed by atoms with Gasteiger partial charge in [-0.25, -0.2) is 0 Å². The lowest BCUT2D eigenvalue weighted by Crippen LogP contribution is -1.97. The van der Waals surface area contributed by atoms with E-state index < -0.39 is 6.04 Å². The molecule has 2 aromatic carbocycles. The van der Waals surface area contributed by atoms with Gasteiger partial charge in [0.25, 0.3) is 0 Å². The molecule has 2 nitrogen and oxygen atoms in total. The summed E-state index contributed by atoms with van der Waals surface area (Å²) in [6, 6.07) is 15.4. The average molecular weight is 225 g/mol. The molecule has 0 saturated heterocycles. The van der Waals surface area contributed by atoms with Gasteiger partial charge in [0.05, 0.1) is 0 Å². The maximum Gasteiger partial charge on any atom is 0.142 e. The third-order valence-electron chi connectivity index (χ3n) is 2.89. The summed E-state index contributed by atoms with van der Waals surface area (Å²) in [7, 11) is 0. The Labute approximate surface area is 101 Å². The Bertz CT molecular complexity index is 454. The summed E-state index contributed by atoms with van der Waals surface area (Å²) in [6.07, 6.45) is 0. The first-order valence-corrected chi connectivity index (χ1v) is 5.66. The second kappa shape index (κ2) is 4.91. The molecule has 0 fully saturated rings. The molecule has 0 atom stereocenters. The molecular weight excluding hydrogens is 210 g/mol. The van der Waals surface area contributed by atoms with Crippen molar-refractivity contribution < 1.29 is 0 Å². The number of hydrogen-bond acceptors (Lipinski definition) is 2. The highest BCUT2D eigenvalue weighted by atomic mass is 16.3. The summed E-state index contributed by atoms with van der Waals surface area (Å²) in [5, 5.41) is 3.24. The Morgan fingerprint density at radius 1 is 0.765 bits per heavy atom. The molecule has 86 valence electrons. The highest BCUT2D eigenvalue weighted by Crippen LogP contribution is 2.26. The first-order chi connectivity index (χ1) is 8.20. The SMILES string of the molecule is Cc1ccc(C(N=O)c2ccc(C)cc2)cc1. The Balaban J connectivity index is 2.36. The van der Waals surface area contributed by atoms with Crippen molar-refractivity contribution in [2.24, 2.45) is 5.18 Å². The quantitative estimate of drug-likeness (QED) is 0.721. The van der Waals surface area contributed by atoms with Gasteiger partial charge in [0, 0.05) is 0 Å². The van der Waals surface area contributed by atoms with Gasteiger partial charge in [-0.1, -0.05) is 64.8 Å². The molecule has 0 bridgehead atoms. The fourth-order valence-corrected chi connectivity index (χ4v) is 1.81. The molecule has 17 heavy (non-hydrogen) atoms. The van der Waals surface area contributed by atoms with E-state index in [1.165, 1.54) is 11.1 Å². The van der Waals surface area contributed by atoms with Gasteiger partial charge in [-0.3, -0.25) is 0 Å². The van der Waals surface area contributed by atoms with Crippen molar-refractivity contribution in [1.29, 1.82) is 0 Å². The molecule has 2 aromatic rings. The van der Waals surface area contributed by atoms with E-state index in [4.69, 9.17) is 0 Å². The van der Waals surface area contributed by atoms with Crippen LogP contribution in [-0.2, 0) is 0 Å². The van der Waals surface area contributed by atoms with Crippen LogP contribution < -0.4 is 0 Å². The molecule has 2 heteroatoms. The number of nitrogens with zero attached hydrogens (tertiary/aromatic N) is 1. The zero-order valence-corrected chi connectivity index (χ0v) is 10.1. The number of rotatable bonds is 3. The Kier molecular flexibility index (Phi) is 3.33. The van der Waals surface area contributed by atoms with Crippen LogP contribution >= 0.6 is 0 Å².